The van der Waals surface area contributed by atoms with E-state index in [1.54, 1.807) is 42.5 Å². The number of esters is 1. The number of aryl methyl sites for hydroxylation is 1. The second kappa shape index (κ2) is 9.58. The van der Waals surface area contributed by atoms with E-state index in [1.165, 1.54) is 6.21 Å². The lowest BCUT2D eigenvalue weighted by atomic mass is 10.0. The zero-order valence-electron chi connectivity index (χ0n) is 17.2. The van der Waals surface area contributed by atoms with Gasteiger partial charge in [0.25, 0.3) is 5.91 Å². The number of halogens is 1. The van der Waals surface area contributed by atoms with Crippen molar-refractivity contribution in [2.75, 3.05) is 0 Å². The van der Waals surface area contributed by atoms with Crippen molar-refractivity contribution in [1.82, 2.24) is 5.43 Å². The van der Waals surface area contributed by atoms with Crippen molar-refractivity contribution in [2.45, 2.75) is 6.92 Å². The van der Waals surface area contributed by atoms with Gasteiger partial charge in [-0.3, -0.25) is 4.79 Å². The first-order valence-corrected chi connectivity index (χ1v) is 10.7. The molecule has 5 nitrogen and oxygen atoms in total. The second-order valence-corrected chi connectivity index (χ2v) is 8.02. The van der Waals surface area contributed by atoms with E-state index in [1.807, 2.05) is 49.4 Å². The molecule has 0 aliphatic rings. The molecule has 0 aliphatic carbocycles. The molecule has 0 saturated carbocycles. The molecule has 0 saturated heterocycles. The summed E-state index contributed by atoms with van der Waals surface area (Å²) in [6.07, 6.45) is 1.50. The first-order valence-electron chi connectivity index (χ1n) is 9.91. The maximum Gasteiger partial charge on any atom is 0.343 e. The van der Waals surface area contributed by atoms with Gasteiger partial charge in [-0.15, -0.1) is 0 Å². The first-order chi connectivity index (χ1) is 15.5. The van der Waals surface area contributed by atoms with Crippen LogP contribution in [-0.2, 0) is 0 Å². The monoisotopic (exact) mass is 486 g/mol. The van der Waals surface area contributed by atoms with Crippen LogP contribution in [0, 0.1) is 6.92 Å². The minimum Gasteiger partial charge on any atom is -0.422 e. The molecule has 0 heterocycles. The molecule has 0 radical (unpaired) electrons. The molecule has 32 heavy (non-hydrogen) atoms. The lowest BCUT2D eigenvalue weighted by Crippen LogP contribution is -2.17. The predicted octanol–water partition coefficient (Wildman–Crippen LogP) is 5.89. The van der Waals surface area contributed by atoms with Gasteiger partial charge in [0.1, 0.15) is 5.75 Å². The van der Waals surface area contributed by atoms with Crippen molar-refractivity contribution in [2.24, 2.45) is 5.10 Å². The lowest BCUT2D eigenvalue weighted by Gasteiger charge is -2.11. The molecule has 0 aliphatic heterocycles. The Bertz CT molecular complexity index is 1330. The third kappa shape index (κ3) is 4.76. The summed E-state index contributed by atoms with van der Waals surface area (Å²) in [5.41, 5.74) is 4.93. The molecule has 6 heteroatoms. The van der Waals surface area contributed by atoms with E-state index in [9.17, 15) is 9.59 Å². The van der Waals surface area contributed by atoms with Crippen LogP contribution in [0.25, 0.3) is 10.8 Å². The molecule has 0 unspecified atom stereocenters. The fourth-order valence-electron chi connectivity index (χ4n) is 3.28. The highest BCUT2D eigenvalue weighted by Gasteiger charge is 2.15. The van der Waals surface area contributed by atoms with Crippen LogP contribution in [0.15, 0.2) is 94.5 Å². The van der Waals surface area contributed by atoms with E-state index in [-0.39, 0.29) is 5.91 Å². The second-order valence-electron chi connectivity index (χ2n) is 7.11. The topological polar surface area (TPSA) is 67.8 Å². The Kier molecular flexibility index (Phi) is 6.42. The highest BCUT2D eigenvalue weighted by atomic mass is 79.9. The quantitative estimate of drug-likeness (QED) is 0.165. The number of hydrogen-bond acceptors (Lipinski definition) is 4. The normalized spacial score (nSPS) is 10.9. The Balaban J connectivity index is 1.63. The minimum absolute atomic E-state index is 0.340. The van der Waals surface area contributed by atoms with Gasteiger partial charge in [-0.25, -0.2) is 10.2 Å². The smallest absolute Gasteiger partial charge is 0.343 e. The zero-order chi connectivity index (χ0) is 22.5. The third-order valence-electron chi connectivity index (χ3n) is 4.96. The number of carbonyl (C=O) groups is 2. The number of benzene rings is 4. The molecule has 0 spiro atoms. The van der Waals surface area contributed by atoms with Crippen LogP contribution in [0.1, 0.15) is 31.8 Å². The highest BCUT2D eigenvalue weighted by Crippen LogP contribution is 2.27. The summed E-state index contributed by atoms with van der Waals surface area (Å²) in [6.45, 7) is 1.86. The average Bonchev–Trinajstić information content (AvgIpc) is 2.80. The van der Waals surface area contributed by atoms with Crippen molar-refractivity contribution >= 4 is 44.8 Å². The molecule has 0 atom stereocenters. The molecule has 1 amide bonds. The summed E-state index contributed by atoms with van der Waals surface area (Å²) in [5.74, 6) is -0.432. The molecule has 0 fully saturated rings. The average molecular weight is 487 g/mol. The summed E-state index contributed by atoms with van der Waals surface area (Å²) >= 11 is 3.35. The Labute approximate surface area is 193 Å². The predicted molar refractivity (Wildman–Crippen MR) is 129 cm³/mol. The maximum atomic E-state index is 12.8. The highest BCUT2D eigenvalue weighted by molar-refractivity contribution is 9.10. The number of ether oxygens (including phenoxy) is 1. The van der Waals surface area contributed by atoms with Crippen LogP contribution in [-0.4, -0.2) is 18.1 Å². The molecule has 1 N–H and O–H groups in total. The van der Waals surface area contributed by atoms with Gasteiger partial charge in [-0.1, -0.05) is 64.5 Å². The van der Waals surface area contributed by atoms with Crippen molar-refractivity contribution in [1.29, 1.82) is 0 Å². The molecule has 0 aromatic heterocycles. The first kappa shape index (κ1) is 21.5. The van der Waals surface area contributed by atoms with E-state index in [0.717, 1.165) is 20.8 Å². The summed E-state index contributed by atoms with van der Waals surface area (Å²) < 4.78 is 6.61. The van der Waals surface area contributed by atoms with Crippen molar-refractivity contribution < 1.29 is 14.3 Å². The summed E-state index contributed by atoms with van der Waals surface area (Å²) in [7, 11) is 0. The van der Waals surface area contributed by atoms with Gasteiger partial charge in [-0.2, -0.15) is 5.10 Å². The molecule has 0 bridgehead atoms. The van der Waals surface area contributed by atoms with Crippen LogP contribution in [0.5, 0.6) is 5.75 Å². The van der Waals surface area contributed by atoms with Gasteiger partial charge in [0.2, 0.25) is 0 Å². The molecule has 4 aromatic carbocycles. The van der Waals surface area contributed by atoms with Crippen LogP contribution in [0.4, 0.5) is 0 Å². The standard InChI is InChI=1S/C26H19BrN2O3/c1-17-6-2-4-8-21(17)26(31)32-24-15-12-18-7-3-5-9-22(18)23(24)16-28-29-25(30)19-10-13-20(27)14-11-19/h2-16H,1H3,(H,29,30). The van der Waals surface area contributed by atoms with Gasteiger partial charge < -0.3 is 4.74 Å². The van der Waals surface area contributed by atoms with E-state index < -0.39 is 5.97 Å². The van der Waals surface area contributed by atoms with Crippen molar-refractivity contribution in [3.8, 4) is 5.75 Å². The number of nitrogens with one attached hydrogen (secondary N) is 1. The van der Waals surface area contributed by atoms with Crippen LogP contribution < -0.4 is 10.2 Å². The number of amides is 1. The molecule has 4 aromatic rings. The minimum atomic E-state index is -0.452. The molecular weight excluding hydrogens is 468 g/mol. The number of rotatable bonds is 5. The Hall–Kier alpha value is -3.77. The number of hydrogen-bond donors (Lipinski definition) is 1. The molecule has 4 rings (SSSR count). The lowest BCUT2D eigenvalue weighted by molar-refractivity contribution is 0.0733. The van der Waals surface area contributed by atoms with Crippen LogP contribution in [0.2, 0.25) is 0 Å². The van der Waals surface area contributed by atoms with Crippen molar-refractivity contribution in [3.63, 3.8) is 0 Å². The van der Waals surface area contributed by atoms with Crippen molar-refractivity contribution in [3.05, 3.63) is 112 Å². The van der Waals surface area contributed by atoms with E-state index in [4.69, 9.17) is 4.74 Å². The van der Waals surface area contributed by atoms with E-state index in [2.05, 4.69) is 26.5 Å². The van der Waals surface area contributed by atoms with Gasteiger partial charge in [0.05, 0.1) is 11.8 Å². The third-order valence-corrected chi connectivity index (χ3v) is 5.49. The van der Waals surface area contributed by atoms with Crippen LogP contribution >= 0.6 is 15.9 Å². The van der Waals surface area contributed by atoms with E-state index in [0.29, 0.717) is 22.4 Å². The maximum absolute atomic E-state index is 12.8. The summed E-state index contributed by atoms with van der Waals surface area (Å²) in [4.78, 5) is 25.1. The van der Waals surface area contributed by atoms with Gasteiger partial charge >= 0.3 is 5.97 Å². The van der Waals surface area contributed by atoms with Crippen LogP contribution in [0.3, 0.4) is 0 Å². The molecule has 158 valence electrons. The summed E-state index contributed by atoms with van der Waals surface area (Å²) in [5, 5.41) is 5.93. The largest absolute Gasteiger partial charge is 0.422 e. The zero-order valence-corrected chi connectivity index (χ0v) is 18.8. The Morgan fingerprint density at radius 3 is 2.41 bits per heavy atom. The number of hydrazone groups is 1. The number of nitrogens with zero attached hydrogens (tertiary/aromatic N) is 1. The van der Waals surface area contributed by atoms with Gasteiger partial charge in [0, 0.05) is 15.6 Å². The van der Waals surface area contributed by atoms with E-state index >= 15 is 0 Å². The Morgan fingerprint density at radius 1 is 0.906 bits per heavy atom. The SMILES string of the molecule is Cc1ccccc1C(=O)Oc1ccc2ccccc2c1C=NNC(=O)c1ccc(Br)cc1. The fraction of sp³-hybridized carbons (Fsp3) is 0.0385. The number of carbonyl (C=O) groups excluding carboxylic acids is 2. The number of fused-ring (bicyclic) bond motifs is 1. The van der Waals surface area contributed by atoms with Gasteiger partial charge in [0.15, 0.2) is 0 Å². The Morgan fingerprint density at radius 2 is 1.62 bits per heavy atom. The molecular formula is C26H19BrN2O3. The fourth-order valence-corrected chi connectivity index (χ4v) is 3.54. The van der Waals surface area contributed by atoms with Gasteiger partial charge in [-0.05, 0) is 59.7 Å². The summed E-state index contributed by atoms with van der Waals surface area (Å²) in [6, 6.07) is 25.5.